The van der Waals surface area contributed by atoms with Gasteiger partial charge in [-0.15, -0.1) is 0 Å². The van der Waals surface area contributed by atoms with Gasteiger partial charge in [0, 0.05) is 5.56 Å². The lowest BCUT2D eigenvalue weighted by molar-refractivity contribution is -0.137. The number of alkyl halides is 3. The lowest BCUT2D eigenvalue weighted by Crippen LogP contribution is -2.19. The maximum atomic E-state index is 12.8. The van der Waals surface area contributed by atoms with Crippen LogP contribution in [0.15, 0.2) is 18.2 Å². The molecule has 112 valence electrons. The zero-order valence-electron chi connectivity index (χ0n) is 11.6. The molecule has 0 bridgehead atoms. The van der Waals surface area contributed by atoms with Crippen LogP contribution in [-0.4, -0.2) is 12.4 Å². The van der Waals surface area contributed by atoms with Gasteiger partial charge in [-0.05, 0) is 30.5 Å². The Kier molecular flexibility index (Phi) is 5.42. The number of benzene rings is 1. The number of hydrogen-bond donors (Lipinski definition) is 2. The molecule has 1 atom stereocenters. The molecule has 0 amide bonds. The lowest BCUT2D eigenvalue weighted by Gasteiger charge is -2.16. The van der Waals surface area contributed by atoms with E-state index in [1.165, 1.54) is 12.1 Å². The standard InChI is InChI=1S/C14H19F3N2O/c1-3-4-9(2)8-20-10-5-6-12(14(15,16)17)11(7-10)13(18)19/h5-7,9H,3-4,8H2,1-2H3,(H3,18,19). The molecule has 1 aromatic rings. The molecule has 0 aromatic heterocycles. The molecular formula is C14H19F3N2O. The third kappa shape index (κ3) is 4.43. The Morgan fingerprint density at radius 2 is 2.05 bits per heavy atom. The number of nitrogen functional groups attached to an aromatic ring is 1. The van der Waals surface area contributed by atoms with Gasteiger partial charge in [-0.25, -0.2) is 0 Å². The Morgan fingerprint density at radius 3 is 2.55 bits per heavy atom. The van der Waals surface area contributed by atoms with Crippen molar-refractivity contribution in [1.82, 2.24) is 0 Å². The molecule has 0 radical (unpaired) electrons. The molecule has 1 unspecified atom stereocenters. The number of nitrogens with two attached hydrogens (primary N) is 1. The molecule has 1 rings (SSSR count). The fraction of sp³-hybridized carbons (Fsp3) is 0.500. The van der Waals surface area contributed by atoms with E-state index in [0.29, 0.717) is 18.3 Å². The molecule has 1 aromatic carbocycles. The second kappa shape index (κ2) is 6.63. The van der Waals surface area contributed by atoms with E-state index in [1.54, 1.807) is 0 Å². The lowest BCUT2D eigenvalue weighted by atomic mass is 10.1. The van der Waals surface area contributed by atoms with Gasteiger partial charge in [-0.2, -0.15) is 13.2 Å². The summed E-state index contributed by atoms with van der Waals surface area (Å²) >= 11 is 0. The third-order valence-electron chi connectivity index (χ3n) is 2.90. The first-order valence-electron chi connectivity index (χ1n) is 6.44. The van der Waals surface area contributed by atoms with Gasteiger partial charge in [0.25, 0.3) is 0 Å². The molecule has 20 heavy (non-hydrogen) atoms. The summed E-state index contributed by atoms with van der Waals surface area (Å²) in [6.07, 6.45) is -2.52. The molecule has 3 nitrogen and oxygen atoms in total. The van der Waals surface area contributed by atoms with Gasteiger partial charge < -0.3 is 10.5 Å². The molecule has 0 saturated heterocycles. The van der Waals surface area contributed by atoms with Crippen LogP contribution >= 0.6 is 0 Å². The molecule has 3 N–H and O–H groups in total. The summed E-state index contributed by atoms with van der Waals surface area (Å²) < 4.78 is 43.7. The van der Waals surface area contributed by atoms with Crippen molar-refractivity contribution in [3.8, 4) is 5.75 Å². The summed E-state index contributed by atoms with van der Waals surface area (Å²) in [5.74, 6) is -0.00129. The van der Waals surface area contributed by atoms with E-state index in [2.05, 4.69) is 6.92 Å². The predicted octanol–water partition coefficient (Wildman–Crippen LogP) is 3.80. The Balaban J connectivity index is 2.91. The third-order valence-corrected chi connectivity index (χ3v) is 2.90. The van der Waals surface area contributed by atoms with E-state index in [9.17, 15) is 13.2 Å². The molecule has 0 saturated carbocycles. The SMILES string of the molecule is CCCC(C)COc1ccc(C(F)(F)F)c(C(=N)N)c1. The van der Waals surface area contributed by atoms with Crippen molar-refractivity contribution in [3.63, 3.8) is 0 Å². The Labute approximate surface area is 116 Å². The Morgan fingerprint density at radius 1 is 1.40 bits per heavy atom. The Hall–Kier alpha value is -1.72. The first-order chi connectivity index (χ1) is 9.25. The van der Waals surface area contributed by atoms with Crippen molar-refractivity contribution >= 4 is 5.84 Å². The van der Waals surface area contributed by atoms with Crippen molar-refractivity contribution in [2.75, 3.05) is 6.61 Å². The molecule has 0 heterocycles. The molecule has 0 spiro atoms. The zero-order valence-corrected chi connectivity index (χ0v) is 11.6. The number of amidine groups is 1. The highest BCUT2D eigenvalue weighted by Crippen LogP contribution is 2.33. The second-order valence-corrected chi connectivity index (χ2v) is 4.82. The van der Waals surface area contributed by atoms with Crippen LogP contribution in [-0.2, 0) is 6.18 Å². The van der Waals surface area contributed by atoms with E-state index in [1.807, 2.05) is 6.92 Å². The predicted molar refractivity (Wildman–Crippen MR) is 72.0 cm³/mol. The number of ether oxygens (including phenoxy) is 1. The first kappa shape index (κ1) is 16.3. The van der Waals surface area contributed by atoms with Gasteiger partial charge in [0.2, 0.25) is 0 Å². The number of hydrogen-bond acceptors (Lipinski definition) is 2. The van der Waals surface area contributed by atoms with Crippen molar-refractivity contribution < 1.29 is 17.9 Å². The van der Waals surface area contributed by atoms with Crippen LogP contribution in [0.4, 0.5) is 13.2 Å². The maximum Gasteiger partial charge on any atom is 0.417 e. The fourth-order valence-electron chi connectivity index (χ4n) is 1.90. The van der Waals surface area contributed by atoms with Crippen molar-refractivity contribution in [2.45, 2.75) is 32.9 Å². The van der Waals surface area contributed by atoms with Crippen LogP contribution in [0.3, 0.4) is 0 Å². The minimum absolute atomic E-state index is 0.297. The number of rotatable bonds is 6. The van der Waals surface area contributed by atoms with Crippen LogP contribution < -0.4 is 10.5 Å². The largest absolute Gasteiger partial charge is 0.493 e. The van der Waals surface area contributed by atoms with Crippen LogP contribution in [0, 0.1) is 11.3 Å². The quantitative estimate of drug-likeness (QED) is 0.618. The summed E-state index contributed by atoms with van der Waals surface area (Å²) in [7, 11) is 0. The molecule has 6 heteroatoms. The van der Waals surface area contributed by atoms with E-state index < -0.39 is 17.6 Å². The summed E-state index contributed by atoms with van der Waals surface area (Å²) in [6.45, 7) is 4.50. The van der Waals surface area contributed by atoms with Gasteiger partial charge >= 0.3 is 6.18 Å². The minimum Gasteiger partial charge on any atom is -0.493 e. The van der Waals surface area contributed by atoms with Crippen LogP contribution in [0.5, 0.6) is 5.75 Å². The molecule has 0 fully saturated rings. The van der Waals surface area contributed by atoms with Crippen LogP contribution in [0.25, 0.3) is 0 Å². The smallest absolute Gasteiger partial charge is 0.417 e. The molecule has 0 aliphatic carbocycles. The second-order valence-electron chi connectivity index (χ2n) is 4.82. The summed E-state index contributed by atoms with van der Waals surface area (Å²) in [5.41, 5.74) is 3.94. The first-order valence-corrected chi connectivity index (χ1v) is 6.44. The highest BCUT2D eigenvalue weighted by Gasteiger charge is 2.34. The average molecular weight is 288 g/mol. The van der Waals surface area contributed by atoms with Crippen LogP contribution in [0.1, 0.15) is 37.8 Å². The molecule has 0 aliphatic rings. The van der Waals surface area contributed by atoms with Gasteiger partial charge in [0.1, 0.15) is 11.6 Å². The van der Waals surface area contributed by atoms with E-state index in [-0.39, 0.29) is 5.56 Å². The molecule has 0 aliphatic heterocycles. The van der Waals surface area contributed by atoms with Gasteiger partial charge in [-0.1, -0.05) is 20.3 Å². The summed E-state index contributed by atoms with van der Waals surface area (Å²) in [5, 5.41) is 7.26. The number of halogens is 3. The Bertz CT molecular complexity index is 472. The van der Waals surface area contributed by atoms with Gasteiger partial charge in [0.05, 0.1) is 12.2 Å². The summed E-state index contributed by atoms with van der Waals surface area (Å²) in [6, 6.07) is 3.33. The monoisotopic (exact) mass is 288 g/mol. The highest BCUT2D eigenvalue weighted by atomic mass is 19.4. The normalized spacial score (nSPS) is 13.1. The fourth-order valence-corrected chi connectivity index (χ4v) is 1.90. The highest BCUT2D eigenvalue weighted by molar-refractivity contribution is 5.97. The van der Waals surface area contributed by atoms with Gasteiger partial charge in [-0.3, -0.25) is 5.41 Å². The van der Waals surface area contributed by atoms with Crippen molar-refractivity contribution in [2.24, 2.45) is 11.7 Å². The number of nitrogens with one attached hydrogen (secondary N) is 1. The van der Waals surface area contributed by atoms with Crippen molar-refractivity contribution in [3.05, 3.63) is 29.3 Å². The zero-order chi connectivity index (χ0) is 15.3. The summed E-state index contributed by atoms with van der Waals surface area (Å²) in [4.78, 5) is 0. The minimum atomic E-state index is -4.53. The topological polar surface area (TPSA) is 59.1 Å². The maximum absolute atomic E-state index is 12.8. The van der Waals surface area contributed by atoms with E-state index >= 15 is 0 Å². The van der Waals surface area contributed by atoms with E-state index in [0.717, 1.165) is 18.9 Å². The molecular weight excluding hydrogens is 269 g/mol. The van der Waals surface area contributed by atoms with E-state index in [4.69, 9.17) is 15.9 Å². The average Bonchev–Trinajstić information content (AvgIpc) is 2.35. The van der Waals surface area contributed by atoms with Crippen LogP contribution in [0.2, 0.25) is 0 Å². The van der Waals surface area contributed by atoms with Gasteiger partial charge in [0.15, 0.2) is 0 Å². The van der Waals surface area contributed by atoms with Crippen molar-refractivity contribution in [1.29, 1.82) is 5.41 Å².